The molecule has 6 heteroatoms. The molecule has 23 heavy (non-hydrogen) atoms. The fourth-order valence-electron chi connectivity index (χ4n) is 2.18. The zero-order valence-electron chi connectivity index (χ0n) is 12.5. The van der Waals surface area contributed by atoms with E-state index in [1.807, 2.05) is 0 Å². The summed E-state index contributed by atoms with van der Waals surface area (Å²) in [4.78, 5) is 22.9. The molecule has 6 nitrogen and oxygen atoms in total. The Morgan fingerprint density at radius 3 is 2.57 bits per heavy atom. The van der Waals surface area contributed by atoms with Crippen LogP contribution in [0.15, 0.2) is 42.5 Å². The monoisotopic (exact) mass is 313 g/mol. The number of carbonyl (C=O) groups excluding carboxylic acids is 2. The van der Waals surface area contributed by atoms with Gasteiger partial charge in [0.15, 0.2) is 11.5 Å². The Balaban J connectivity index is 1.59. The van der Waals surface area contributed by atoms with Crippen LogP contribution in [0.1, 0.15) is 12.5 Å². The lowest BCUT2D eigenvalue weighted by molar-refractivity contribution is -0.133. The van der Waals surface area contributed by atoms with Crippen molar-refractivity contribution < 1.29 is 23.8 Å². The van der Waals surface area contributed by atoms with Gasteiger partial charge in [-0.05, 0) is 29.8 Å². The Morgan fingerprint density at radius 2 is 1.83 bits per heavy atom. The highest BCUT2D eigenvalue weighted by Gasteiger charge is 2.15. The van der Waals surface area contributed by atoms with E-state index in [1.165, 1.54) is 6.92 Å². The van der Waals surface area contributed by atoms with Crippen LogP contribution in [-0.2, 0) is 16.0 Å². The van der Waals surface area contributed by atoms with Crippen LogP contribution in [0.3, 0.4) is 0 Å². The second kappa shape index (κ2) is 6.39. The molecule has 0 aromatic heterocycles. The minimum atomic E-state index is -0.379. The fourth-order valence-corrected chi connectivity index (χ4v) is 2.18. The first-order valence-electron chi connectivity index (χ1n) is 7.07. The van der Waals surface area contributed by atoms with Crippen molar-refractivity contribution >= 4 is 17.6 Å². The summed E-state index contributed by atoms with van der Waals surface area (Å²) in [6.45, 7) is 1.62. The van der Waals surface area contributed by atoms with Crippen molar-refractivity contribution in [1.82, 2.24) is 0 Å². The van der Waals surface area contributed by atoms with E-state index < -0.39 is 0 Å². The van der Waals surface area contributed by atoms with Crippen LogP contribution >= 0.6 is 0 Å². The molecular weight excluding hydrogens is 298 g/mol. The number of hydrogen-bond donors (Lipinski definition) is 1. The maximum Gasteiger partial charge on any atom is 0.315 e. The molecule has 0 radical (unpaired) electrons. The predicted octanol–water partition coefficient (Wildman–Crippen LogP) is 2.52. The van der Waals surface area contributed by atoms with E-state index in [0.717, 1.165) is 5.56 Å². The Bertz CT molecular complexity index is 739. The van der Waals surface area contributed by atoms with Crippen molar-refractivity contribution in [1.29, 1.82) is 0 Å². The summed E-state index contributed by atoms with van der Waals surface area (Å²) in [5, 5.41) is 2.67. The molecule has 0 atom stereocenters. The molecule has 1 aliphatic rings. The van der Waals surface area contributed by atoms with Crippen LogP contribution in [0.25, 0.3) is 0 Å². The first kappa shape index (κ1) is 14.9. The lowest BCUT2D eigenvalue weighted by Gasteiger charge is -2.06. The average molecular weight is 313 g/mol. The van der Waals surface area contributed by atoms with Gasteiger partial charge in [0.1, 0.15) is 5.75 Å². The van der Waals surface area contributed by atoms with Crippen LogP contribution in [0.5, 0.6) is 17.2 Å². The van der Waals surface area contributed by atoms with Gasteiger partial charge in [-0.25, -0.2) is 0 Å². The number of esters is 1. The zero-order valence-corrected chi connectivity index (χ0v) is 12.5. The van der Waals surface area contributed by atoms with E-state index in [1.54, 1.807) is 42.5 Å². The van der Waals surface area contributed by atoms with Crippen LogP contribution in [0, 0.1) is 0 Å². The number of nitrogens with one attached hydrogen (secondary N) is 1. The first-order chi connectivity index (χ1) is 11.1. The summed E-state index contributed by atoms with van der Waals surface area (Å²) in [6.07, 6.45) is 0.134. The van der Waals surface area contributed by atoms with E-state index in [4.69, 9.17) is 14.2 Å². The number of anilines is 1. The number of carbonyl (C=O) groups is 2. The van der Waals surface area contributed by atoms with Crippen LogP contribution in [0.2, 0.25) is 0 Å². The van der Waals surface area contributed by atoms with Crippen LogP contribution < -0.4 is 19.5 Å². The van der Waals surface area contributed by atoms with Crippen molar-refractivity contribution in [2.24, 2.45) is 0 Å². The molecule has 1 amide bonds. The number of fused-ring (bicyclic) bond motifs is 1. The van der Waals surface area contributed by atoms with Gasteiger partial charge in [0.2, 0.25) is 12.7 Å². The smallest absolute Gasteiger partial charge is 0.315 e. The average Bonchev–Trinajstić information content (AvgIpc) is 2.96. The molecule has 1 aliphatic heterocycles. The van der Waals surface area contributed by atoms with Crippen molar-refractivity contribution in [2.75, 3.05) is 12.1 Å². The standard InChI is InChI=1S/C17H15NO5/c1-11(19)18-13-4-2-12(3-5-13)8-17(20)23-14-6-7-15-16(9-14)22-10-21-15/h2-7,9H,8,10H2,1H3,(H,18,19). The minimum Gasteiger partial charge on any atom is -0.454 e. The second-order valence-corrected chi connectivity index (χ2v) is 5.04. The fraction of sp³-hybridized carbons (Fsp3) is 0.176. The molecular formula is C17H15NO5. The molecule has 2 aromatic carbocycles. The molecule has 0 fully saturated rings. The zero-order chi connectivity index (χ0) is 16.2. The Kier molecular flexibility index (Phi) is 4.14. The van der Waals surface area contributed by atoms with Crippen LogP contribution in [-0.4, -0.2) is 18.7 Å². The van der Waals surface area contributed by atoms with Gasteiger partial charge in [-0.2, -0.15) is 0 Å². The third-order valence-corrected chi connectivity index (χ3v) is 3.20. The molecule has 0 saturated carbocycles. The van der Waals surface area contributed by atoms with Gasteiger partial charge in [-0.3, -0.25) is 9.59 Å². The van der Waals surface area contributed by atoms with E-state index in [9.17, 15) is 9.59 Å². The lowest BCUT2D eigenvalue weighted by atomic mass is 10.1. The third-order valence-electron chi connectivity index (χ3n) is 3.20. The second-order valence-electron chi connectivity index (χ2n) is 5.04. The minimum absolute atomic E-state index is 0.134. The normalized spacial score (nSPS) is 11.9. The Morgan fingerprint density at radius 1 is 1.09 bits per heavy atom. The Hall–Kier alpha value is -3.02. The van der Waals surface area contributed by atoms with Crippen molar-refractivity contribution in [3.05, 3.63) is 48.0 Å². The molecule has 1 heterocycles. The van der Waals surface area contributed by atoms with Gasteiger partial charge in [-0.15, -0.1) is 0 Å². The molecule has 118 valence electrons. The first-order valence-corrected chi connectivity index (χ1v) is 7.07. The Labute approximate surface area is 133 Å². The van der Waals surface area contributed by atoms with E-state index in [0.29, 0.717) is 22.9 Å². The van der Waals surface area contributed by atoms with Gasteiger partial charge >= 0.3 is 5.97 Å². The quantitative estimate of drug-likeness (QED) is 0.693. The van der Waals surface area contributed by atoms with Crippen molar-refractivity contribution in [3.63, 3.8) is 0 Å². The highest BCUT2D eigenvalue weighted by molar-refractivity contribution is 5.88. The molecule has 0 saturated heterocycles. The number of rotatable bonds is 4. The van der Waals surface area contributed by atoms with E-state index in [-0.39, 0.29) is 25.1 Å². The molecule has 1 N–H and O–H groups in total. The maximum absolute atomic E-state index is 12.0. The van der Waals surface area contributed by atoms with Crippen molar-refractivity contribution in [3.8, 4) is 17.2 Å². The highest BCUT2D eigenvalue weighted by atomic mass is 16.7. The molecule has 0 aliphatic carbocycles. The maximum atomic E-state index is 12.0. The van der Waals surface area contributed by atoms with Gasteiger partial charge < -0.3 is 19.5 Å². The number of ether oxygens (including phenoxy) is 3. The summed E-state index contributed by atoms with van der Waals surface area (Å²) in [5.41, 5.74) is 1.48. The summed E-state index contributed by atoms with van der Waals surface area (Å²) < 4.78 is 15.7. The summed E-state index contributed by atoms with van der Waals surface area (Å²) >= 11 is 0. The third kappa shape index (κ3) is 3.79. The van der Waals surface area contributed by atoms with Gasteiger partial charge in [-0.1, -0.05) is 12.1 Å². The van der Waals surface area contributed by atoms with Gasteiger partial charge in [0.25, 0.3) is 0 Å². The van der Waals surface area contributed by atoms with Gasteiger partial charge in [0, 0.05) is 18.7 Å². The van der Waals surface area contributed by atoms with Gasteiger partial charge in [0.05, 0.1) is 6.42 Å². The number of amides is 1. The molecule has 3 rings (SSSR count). The number of hydrogen-bond acceptors (Lipinski definition) is 5. The number of benzene rings is 2. The van der Waals surface area contributed by atoms with E-state index in [2.05, 4.69) is 5.32 Å². The predicted molar refractivity (Wildman–Crippen MR) is 82.6 cm³/mol. The SMILES string of the molecule is CC(=O)Nc1ccc(CC(=O)Oc2ccc3c(c2)OCO3)cc1. The van der Waals surface area contributed by atoms with Crippen LogP contribution in [0.4, 0.5) is 5.69 Å². The largest absolute Gasteiger partial charge is 0.454 e. The summed E-state index contributed by atoms with van der Waals surface area (Å²) in [5.74, 6) is 1.10. The highest BCUT2D eigenvalue weighted by Crippen LogP contribution is 2.35. The van der Waals surface area contributed by atoms with E-state index >= 15 is 0 Å². The lowest BCUT2D eigenvalue weighted by Crippen LogP contribution is -2.11. The molecule has 0 spiro atoms. The topological polar surface area (TPSA) is 73.9 Å². The summed E-state index contributed by atoms with van der Waals surface area (Å²) in [6, 6.07) is 12.0. The van der Waals surface area contributed by atoms with Crippen molar-refractivity contribution in [2.45, 2.75) is 13.3 Å². The summed E-state index contributed by atoms with van der Waals surface area (Å²) in [7, 11) is 0. The molecule has 2 aromatic rings. The molecule has 0 unspecified atom stereocenters. The molecule has 0 bridgehead atoms.